The Labute approximate surface area is 179 Å². The molecule has 0 spiro atoms. The van der Waals surface area contributed by atoms with E-state index in [1.807, 2.05) is 29.6 Å². The Hall–Kier alpha value is -3.18. The highest BCUT2D eigenvalue weighted by Gasteiger charge is 2.14. The van der Waals surface area contributed by atoms with Crippen LogP contribution in [0.1, 0.15) is 31.2 Å². The number of thiophene rings is 1. The summed E-state index contributed by atoms with van der Waals surface area (Å²) in [6, 6.07) is 18.6. The lowest BCUT2D eigenvalue weighted by Crippen LogP contribution is -2.14. The predicted octanol–water partition coefficient (Wildman–Crippen LogP) is 6.00. The summed E-state index contributed by atoms with van der Waals surface area (Å²) < 4.78 is 5.99. The first kappa shape index (κ1) is 20.1. The fraction of sp³-hybridized carbons (Fsp3) is 0.200. The van der Waals surface area contributed by atoms with Crippen molar-refractivity contribution in [3.63, 3.8) is 0 Å². The summed E-state index contributed by atoms with van der Waals surface area (Å²) in [5, 5.41) is 5.24. The maximum Gasteiger partial charge on any atom is 0.229 e. The van der Waals surface area contributed by atoms with Crippen LogP contribution in [-0.4, -0.2) is 5.91 Å². The molecule has 4 aromatic rings. The molecule has 0 aliphatic rings. The van der Waals surface area contributed by atoms with Gasteiger partial charge >= 0.3 is 0 Å². The van der Waals surface area contributed by atoms with Gasteiger partial charge in [-0.2, -0.15) is 0 Å². The van der Waals surface area contributed by atoms with Gasteiger partial charge in [0, 0.05) is 22.2 Å². The number of hydrogen-bond acceptors (Lipinski definition) is 4. The summed E-state index contributed by atoms with van der Waals surface area (Å²) in [7, 11) is 0. The Balaban J connectivity index is 1.59. The van der Waals surface area contributed by atoms with Crippen molar-refractivity contribution in [2.45, 2.75) is 32.6 Å². The first-order valence-electron chi connectivity index (χ1n) is 9.81. The largest absolute Gasteiger partial charge is 0.456 e. The van der Waals surface area contributed by atoms with Crippen LogP contribution in [0.5, 0.6) is 0 Å². The molecule has 0 saturated carbocycles. The van der Waals surface area contributed by atoms with Crippen molar-refractivity contribution in [2.24, 2.45) is 0 Å². The number of nitrogens with one attached hydrogen (secondary N) is 1. The van der Waals surface area contributed by atoms with Crippen molar-refractivity contribution in [3.05, 3.63) is 86.7 Å². The topological polar surface area (TPSA) is 59.3 Å². The Morgan fingerprint density at radius 3 is 2.47 bits per heavy atom. The number of amides is 1. The summed E-state index contributed by atoms with van der Waals surface area (Å²) >= 11 is 1.54. The minimum atomic E-state index is -0.138. The van der Waals surface area contributed by atoms with Crippen LogP contribution >= 0.6 is 11.3 Å². The Morgan fingerprint density at radius 2 is 1.80 bits per heavy atom. The number of rotatable bonds is 4. The van der Waals surface area contributed by atoms with Gasteiger partial charge in [-0.3, -0.25) is 9.59 Å². The zero-order chi connectivity index (χ0) is 21.3. The van der Waals surface area contributed by atoms with Crippen molar-refractivity contribution < 1.29 is 9.21 Å². The molecule has 2 aromatic carbocycles. The molecule has 0 unspecified atom stereocenters. The maximum atomic E-state index is 12.7. The van der Waals surface area contributed by atoms with Gasteiger partial charge in [-0.15, -0.1) is 11.3 Å². The third kappa shape index (κ3) is 4.36. The molecule has 1 N–H and O–H groups in total. The fourth-order valence-corrected chi connectivity index (χ4v) is 3.99. The van der Waals surface area contributed by atoms with Crippen LogP contribution < -0.4 is 10.7 Å². The molecule has 1 amide bonds. The number of hydrogen-bond donors (Lipinski definition) is 1. The molecule has 0 saturated heterocycles. The van der Waals surface area contributed by atoms with Crippen molar-refractivity contribution >= 4 is 33.9 Å². The lowest BCUT2D eigenvalue weighted by Gasteiger charge is -2.19. The number of fused-ring (bicyclic) bond motifs is 1. The second-order valence-corrected chi connectivity index (χ2v) is 9.35. The van der Waals surface area contributed by atoms with Crippen LogP contribution in [0.4, 0.5) is 5.69 Å². The fourth-order valence-electron chi connectivity index (χ4n) is 3.29. The van der Waals surface area contributed by atoms with Gasteiger partial charge in [0.15, 0.2) is 5.43 Å². The summed E-state index contributed by atoms with van der Waals surface area (Å²) in [4.78, 5) is 25.9. The molecule has 0 aliphatic heterocycles. The van der Waals surface area contributed by atoms with Crippen LogP contribution in [0.3, 0.4) is 0 Å². The number of benzene rings is 2. The van der Waals surface area contributed by atoms with E-state index >= 15 is 0 Å². The van der Waals surface area contributed by atoms with E-state index in [1.54, 1.807) is 29.5 Å². The SMILES string of the molecule is CC(C)(C)c1ccc(-c2cc(=O)c3cc(NC(=O)Cc4cccs4)ccc3o2)cc1. The molecule has 4 rings (SSSR count). The van der Waals surface area contributed by atoms with Gasteiger partial charge < -0.3 is 9.73 Å². The molecule has 4 nitrogen and oxygen atoms in total. The van der Waals surface area contributed by atoms with E-state index in [9.17, 15) is 9.59 Å². The van der Waals surface area contributed by atoms with E-state index < -0.39 is 0 Å². The van der Waals surface area contributed by atoms with Gasteiger partial charge in [0.2, 0.25) is 5.91 Å². The molecule has 0 fully saturated rings. The molecule has 0 bridgehead atoms. The van der Waals surface area contributed by atoms with E-state index in [1.165, 1.54) is 11.6 Å². The summed E-state index contributed by atoms with van der Waals surface area (Å²) in [5.74, 6) is 0.416. The average Bonchev–Trinajstić information content (AvgIpc) is 3.20. The van der Waals surface area contributed by atoms with Gasteiger partial charge in [-0.05, 0) is 40.6 Å². The second kappa shape index (κ2) is 7.92. The summed E-state index contributed by atoms with van der Waals surface area (Å²) in [6.45, 7) is 6.48. The average molecular weight is 418 g/mol. The zero-order valence-electron chi connectivity index (χ0n) is 17.2. The van der Waals surface area contributed by atoms with Crippen LogP contribution in [0.25, 0.3) is 22.3 Å². The molecule has 2 heterocycles. The van der Waals surface area contributed by atoms with E-state index in [-0.39, 0.29) is 16.8 Å². The zero-order valence-corrected chi connectivity index (χ0v) is 18.0. The molecule has 0 aliphatic carbocycles. The second-order valence-electron chi connectivity index (χ2n) is 8.32. The molecule has 2 aromatic heterocycles. The highest BCUT2D eigenvalue weighted by atomic mass is 32.1. The monoisotopic (exact) mass is 417 g/mol. The van der Waals surface area contributed by atoms with E-state index in [2.05, 4.69) is 38.2 Å². The molecule has 30 heavy (non-hydrogen) atoms. The van der Waals surface area contributed by atoms with Gasteiger partial charge in [0.25, 0.3) is 0 Å². The van der Waals surface area contributed by atoms with Crippen LogP contribution in [-0.2, 0) is 16.6 Å². The third-order valence-corrected chi connectivity index (χ3v) is 5.84. The number of carbonyl (C=O) groups excluding carboxylic acids is 1. The molecular formula is C25H23NO3S. The highest BCUT2D eigenvalue weighted by molar-refractivity contribution is 7.10. The minimum absolute atomic E-state index is 0.0626. The van der Waals surface area contributed by atoms with Crippen LogP contribution in [0, 0.1) is 0 Å². The number of carbonyl (C=O) groups is 1. The molecular weight excluding hydrogens is 394 g/mol. The quantitative estimate of drug-likeness (QED) is 0.443. The van der Waals surface area contributed by atoms with Gasteiger partial charge in [-0.1, -0.05) is 51.1 Å². The van der Waals surface area contributed by atoms with E-state index in [0.717, 1.165) is 10.4 Å². The lowest BCUT2D eigenvalue weighted by atomic mass is 9.86. The van der Waals surface area contributed by atoms with Gasteiger partial charge in [0.05, 0.1) is 11.8 Å². The predicted molar refractivity (Wildman–Crippen MR) is 123 cm³/mol. The van der Waals surface area contributed by atoms with Crippen molar-refractivity contribution in [3.8, 4) is 11.3 Å². The Bertz CT molecular complexity index is 1250. The summed E-state index contributed by atoms with van der Waals surface area (Å²) in [5.41, 5.74) is 3.08. The smallest absolute Gasteiger partial charge is 0.229 e. The molecule has 152 valence electrons. The first-order chi connectivity index (χ1) is 14.3. The van der Waals surface area contributed by atoms with E-state index in [4.69, 9.17) is 4.42 Å². The van der Waals surface area contributed by atoms with Crippen molar-refractivity contribution in [1.82, 2.24) is 0 Å². The number of anilines is 1. The third-order valence-electron chi connectivity index (χ3n) is 4.96. The lowest BCUT2D eigenvalue weighted by molar-refractivity contribution is -0.115. The maximum absolute atomic E-state index is 12.7. The Kier molecular flexibility index (Phi) is 5.31. The van der Waals surface area contributed by atoms with Crippen molar-refractivity contribution in [1.29, 1.82) is 0 Å². The Morgan fingerprint density at radius 1 is 1.03 bits per heavy atom. The van der Waals surface area contributed by atoms with Crippen molar-refractivity contribution in [2.75, 3.05) is 5.32 Å². The normalized spacial score (nSPS) is 11.6. The molecule has 0 radical (unpaired) electrons. The summed E-state index contributed by atoms with van der Waals surface area (Å²) in [6.07, 6.45) is 0.313. The standard InChI is InChI=1S/C25H23NO3S/c1-25(2,3)17-8-6-16(7-9-17)23-15-21(27)20-13-18(10-11-22(20)29-23)26-24(28)14-19-5-4-12-30-19/h4-13,15H,14H2,1-3H3,(H,26,28). The van der Waals surface area contributed by atoms with Crippen LogP contribution in [0.15, 0.2) is 75.3 Å². The highest BCUT2D eigenvalue weighted by Crippen LogP contribution is 2.27. The minimum Gasteiger partial charge on any atom is -0.456 e. The van der Waals surface area contributed by atoms with E-state index in [0.29, 0.717) is 28.8 Å². The molecule has 0 atom stereocenters. The first-order valence-corrected chi connectivity index (χ1v) is 10.7. The van der Waals surface area contributed by atoms with Crippen LogP contribution in [0.2, 0.25) is 0 Å². The van der Waals surface area contributed by atoms with Gasteiger partial charge in [-0.25, -0.2) is 0 Å². The van der Waals surface area contributed by atoms with Gasteiger partial charge in [0.1, 0.15) is 11.3 Å². The molecule has 5 heteroatoms.